The predicted octanol–water partition coefficient (Wildman–Crippen LogP) is 4.69. The molecule has 0 atom stereocenters. The van der Waals surface area contributed by atoms with Crippen molar-refractivity contribution >= 4 is 17.5 Å². The first kappa shape index (κ1) is 21.6. The molecule has 1 aromatic heterocycles. The van der Waals surface area contributed by atoms with Crippen LogP contribution in [0.5, 0.6) is 0 Å². The van der Waals surface area contributed by atoms with Crippen molar-refractivity contribution in [3.05, 3.63) is 57.9 Å². The molecular formula is C23H29NO4. The molecule has 0 N–H and O–H groups in total. The number of esters is 1. The van der Waals surface area contributed by atoms with Crippen LogP contribution in [0.25, 0.3) is 0 Å². The summed E-state index contributed by atoms with van der Waals surface area (Å²) in [4.78, 5) is 36.8. The van der Waals surface area contributed by atoms with Gasteiger partial charge in [-0.05, 0) is 59.2 Å². The fourth-order valence-corrected chi connectivity index (χ4v) is 3.54. The van der Waals surface area contributed by atoms with Crippen LogP contribution in [0, 0.1) is 27.7 Å². The molecule has 2 rings (SSSR count). The average molecular weight is 383 g/mol. The molecule has 0 amide bonds. The van der Waals surface area contributed by atoms with Gasteiger partial charge in [-0.15, -0.1) is 0 Å². The highest BCUT2D eigenvalue weighted by molar-refractivity contribution is 6.00. The first-order valence-corrected chi connectivity index (χ1v) is 9.59. The molecular weight excluding hydrogens is 354 g/mol. The van der Waals surface area contributed by atoms with Gasteiger partial charge in [-0.2, -0.15) is 0 Å². The number of ketones is 2. The normalized spacial score (nSPS) is 11.0. The molecule has 0 aliphatic heterocycles. The Morgan fingerprint density at radius 3 is 2.21 bits per heavy atom. The maximum atomic E-state index is 12.4. The zero-order valence-electron chi connectivity index (χ0n) is 17.6. The Morgan fingerprint density at radius 1 is 0.929 bits per heavy atom. The maximum absolute atomic E-state index is 12.4. The molecule has 5 heteroatoms. The third-order valence-corrected chi connectivity index (χ3v) is 4.92. The molecule has 0 radical (unpaired) electrons. The first-order valence-electron chi connectivity index (χ1n) is 9.59. The Hall–Kier alpha value is -2.69. The second kappa shape index (κ2) is 9.00. The lowest BCUT2D eigenvalue weighted by Gasteiger charge is -2.13. The van der Waals surface area contributed by atoms with Crippen LogP contribution in [0.3, 0.4) is 0 Å². The quantitative estimate of drug-likeness (QED) is 0.490. The Balaban J connectivity index is 1.91. The number of rotatable bonds is 8. The van der Waals surface area contributed by atoms with E-state index in [9.17, 15) is 14.4 Å². The van der Waals surface area contributed by atoms with Gasteiger partial charge < -0.3 is 9.30 Å². The lowest BCUT2D eigenvalue weighted by molar-refractivity contribution is -0.142. The fraction of sp³-hybridized carbons (Fsp3) is 0.435. The largest absolute Gasteiger partial charge is 0.457 e. The topological polar surface area (TPSA) is 65.4 Å². The molecule has 2 aromatic rings. The molecule has 0 spiro atoms. The van der Waals surface area contributed by atoms with E-state index >= 15 is 0 Å². The minimum Gasteiger partial charge on any atom is -0.457 e. The molecule has 0 bridgehead atoms. The van der Waals surface area contributed by atoms with Gasteiger partial charge in [0.2, 0.25) is 5.78 Å². The highest BCUT2D eigenvalue weighted by Gasteiger charge is 2.19. The number of Topliss-reactive ketones (excluding diaryl/α,β-unsaturated/α-hetero) is 2. The van der Waals surface area contributed by atoms with Crippen LogP contribution in [-0.2, 0) is 9.53 Å². The number of ether oxygens (including phenoxy) is 1. The number of hydrogen-bond donors (Lipinski definition) is 0. The predicted molar refractivity (Wildman–Crippen MR) is 109 cm³/mol. The second-order valence-electron chi connectivity index (χ2n) is 7.57. The zero-order valence-corrected chi connectivity index (χ0v) is 17.6. The molecule has 150 valence electrons. The summed E-state index contributed by atoms with van der Waals surface area (Å²) < 4.78 is 7.19. The molecule has 1 heterocycles. The van der Waals surface area contributed by atoms with Gasteiger partial charge >= 0.3 is 5.97 Å². The number of carbonyl (C=O) groups is 3. The van der Waals surface area contributed by atoms with Crippen molar-refractivity contribution < 1.29 is 19.1 Å². The molecule has 0 aliphatic carbocycles. The number of nitrogens with zero attached hydrogens (tertiary/aromatic N) is 1. The highest BCUT2D eigenvalue weighted by Crippen LogP contribution is 2.20. The van der Waals surface area contributed by atoms with Crippen molar-refractivity contribution in [3.8, 4) is 0 Å². The van der Waals surface area contributed by atoms with Gasteiger partial charge in [0, 0.05) is 35.0 Å². The Kier molecular flexibility index (Phi) is 6.95. The summed E-state index contributed by atoms with van der Waals surface area (Å²) in [7, 11) is 0. The highest BCUT2D eigenvalue weighted by atomic mass is 16.5. The summed E-state index contributed by atoms with van der Waals surface area (Å²) in [6.07, 6.45) is 0.0314. The average Bonchev–Trinajstić information content (AvgIpc) is 2.94. The van der Waals surface area contributed by atoms with Crippen LogP contribution < -0.4 is 0 Å². The number of carbonyl (C=O) groups excluding carboxylic acids is 3. The number of aryl methyl sites for hydroxylation is 3. The van der Waals surface area contributed by atoms with Crippen molar-refractivity contribution in [3.63, 3.8) is 0 Å². The molecule has 0 unspecified atom stereocenters. The van der Waals surface area contributed by atoms with E-state index in [0.29, 0.717) is 11.1 Å². The van der Waals surface area contributed by atoms with Gasteiger partial charge in [0.15, 0.2) is 12.4 Å². The lowest BCUT2D eigenvalue weighted by Crippen LogP contribution is -2.16. The summed E-state index contributed by atoms with van der Waals surface area (Å²) in [5.41, 5.74) is 4.97. The summed E-state index contributed by atoms with van der Waals surface area (Å²) >= 11 is 0. The van der Waals surface area contributed by atoms with Crippen molar-refractivity contribution in [2.24, 2.45) is 0 Å². The Labute approximate surface area is 166 Å². The second-order valence-corrected chi connectivity index (χ2v) is 7.57. The number of benzene rings is 1. The van der Waals surface area contributed by atoms with Gasteiger partial charge in [0.05, 0.1) is 6.42 Å². The Morgan fingerprint density at radius 2 is 1.61 bits per heavy atom. The van der Waals surface area contributed by atoms with Crippen molar-refractivity contribution in [2.75, 3.05) is 6.61 Å². The third kappa shape index (κ3) is 4.97. The van der Waals surface area contributed by atoms with Crippen LogP contribution in [0.1, 0.15) is 76.0 Å². The van der Waals surface area contributed by atoms with Gasteiger partial charge in [0.25, 0.3) is 0 Å². The van der Waals surface area contributed by atoms with Gasteiger partial charge in [-0.3, -0.25) is 14.4 Å². The Bertz CT molecular complexity index is 906. The monoisotopic (exact) mass is 383 g/mol. The molecule has 0 aliphatic rings. The van der Waals surface area contributed by atoms with Crippen LogP contribution >= 0.6 is 0 Å². The molecule has 0 saturated carbocycles. The van der Waals surface area contributed by atoms with Gasteiger partial charge in [-0.1, -0.05) is 17.7 Å². The van der Waals surface area contributed by atoms with Gasteiger partial charge in [0.1, 0.15) is 0 Å². The molecule has 0 saturated heterocycles. The summed E-state index contributed by atoms with van der Waals surface area (Å²) in [6.45, 7) is 11.4. The van der Waals surface area contributed by atoms with E-state index in [-0.39, 0.29) is 37.1 Å². The SMILES string of the molecule is Cc1ccc(C)c(C(=O)CCC(=O)OCC(=O)c2cc(C)n(C(C)C)c2C)c1. The minimum absolute atomic E-state index is 0.0372. The van der Waals surface area contributed by atoms with Crippen LogP contribution in [0.2, 0.25) is 0 Å². The molecule has 0 fully saturated rings. The van der Waals surface area contributed by atoms with E-state index in [1.165, 1.54) is 0 Å². The third-order valence-electron chi connectivity index (χ3n) is 4.92. The summed E-state index contributed by atoms with van der Waals surface area (Å²) in [5, 5.41) is 0. The first-order chi connectivity index (χ1) is 13.1. The van der Waals surface area contributed by atoms with Crippen molar-refractivity contribution in [1.82, 2.24) is 4.57 Å². The molecule has 5 nitrogen and oxygen atoms in total. The number of aromatic nitrogens is 1. The van der Waals surface area contributed by atoms with E-state index in [1.54, 1.807) is 0 Å². The van der Waals surface area contributed by atoms with Crippen LogP contribution in [0.4, 0.5) is 0 Å². The van der Waals surface area contributed by atoms with E-state index in [1.807, 2.05) is 52.0 Å². The fourth-order valence-electron chi connectivity index (χ4n) is 3.54. The van der Waals surface area contributed by atoms with Crippen molar-refractivity contribution in [1.29, 1.82) is 0 Å². The number of hydrogen-bond acceptors (Lipinski definition) is 4. The summed E-state index contributed by atoms with van der Waals surface area (Å²) in [5.74, 6) is -0.858. The van der Waals surface area contributed by atoms with Gasteiger partial charge in [-0.25, -0.2) is 0 Å². The standard InChI is InChI=1S/C23H29NO4/c1-14(2)24-17(5)12-20(18(24)6)22(26)13-28-23(27)10-9-21(25)19-11-15(3)7-8-16(19)4/h7-8,11-12,14H,9-10,13H2,1-6H3. The lowest BCUT2D eigenvalue weighted by atomic mass is 9.99. The van der Waals surface area contributed by atoms with E-state index in [4.69, 9.17) is 4.74 Å². The summed E-state index contributed by atoms with van der Waals surface area (Å²) in [6, 6.07) is 7.75. The molecule has 28 heavy (non-hydrogen) atoms. The van der Waals surface area contributed by atoms with Crippen LogP contribution in [0.15, 0.2) is 24.3 Å². The van der Waals surface area contributed by atoms with Crippen LogP contribution in [-0.4, -0.2) is 28.7 Å². The molecule has 1 aromatic carbocycles. The van der Waals surface area contributed by atoms with E-state index < -0.39 is 5.97 Å². The van der Waals surface area contributed by atoms with Crippen molar-refractivity contribution in [2.45, 2.75) is 60.4 Å². The minimum atomic E-state index is -0.537. The smallest absolute Gasteiger partial charge is 0.306 e. The maximum Gasteiger partial charge on any atom is 0.306 e. The zero-order chi connectivity index (χ0) is 21.0. The van der Waals surface area contributed by atoms with E-state index in [0.717, 1.165) is 22.5 Å². The van der Waals surface area contributed by atoms with E-state index in [2.05, 4.69) is 18.4 Å².